The maximum Gasteiger partial charge on any atom is 0.240 e. The molecule has 1 saturated heterocycles. The molecule has 0 bridgehead atoms. The van der Waals surface area contributed by atoms with E-state index in [9.17, 15) is 4.79 Å². The maximum atomic E-state index is 11.8. The molecule has 0 radical (unpaired) electrons. The second-order valence-electron chi connectivity index (χ2n) is 4.69. The minimum Gasteiger partial charge on any atom is -0.329 e. The molecule has 94 valence electrons. The van der Waals surface area contributed by atoms with Crippen molar-refractivity contribution in [3.8, 4) is 0 Å². The molecular weight excluding hydrogens is 200 g/mol. The van der Waals surface area contributed by atoms with E-state index in [1.807, 2.05) is 4.90 Å². The quantitative estimate of drug-likeness (QED) is 0.645. The van der Waals surface area contributed by atoms with Crippen LogP contribution in [0.5, 0.6) is 0 Å². The van der Waals surface area contributed by atoms with E-state index in [4.69, 9.17) is 0 Å². The van der Waals surface area contributed by atoms with E-state index in [0.717, 1.165) is 26.1 Å². The summed E-state index contributed by atoms with van der Waals surface area (Å²) in [5.41, 5.74) is 0. The van der Waals surface area contributed by atoms with Gasteiger partial charge in [0.2, 0.25) is 5.91 Å². The number of amides is 1. The molecule has 0 aromatic carbocycles. The minimum absolute atomic E-state index is 0.0834. The van der Waals surface area contributed by atoms with E-state index in [1.54, 1.807) is 0 Å². The van der Waals surface area contributed by atoms with Gasteiger partial charge in [-0.1, -0.05) is 46.0 Å². The Labute approximate surface area is 99.6 Å². The predicted molar refractivity (Wildman–Crippen MR) is 67.2 cm³/mol. The average molecular weight is 226 g/mol. The summed E-state index contributed by atoms with van der Waals surface area (Å²) in [7, 11) is 0. The molecule has 1 fully saturated rings. The van der Waals surface area contributed by atoms with Crippen LogP contribution in [0.1, 0.15) is 58.8 Å². The lowest BCUT2D eigenvalue weighted by Crippen LogP contribution is -2.30. The van der Waals surface area contributed by atoms with Gasteiger partial charge < -0.3 is 4.90 Å². The van der Waals surface area contributed by atoms with E-state index < -0.39 is 0 Å². The van der Waals surface area contributed by atoms with Crippen molar-refractivity contribution in [3.05, 3.63) is 0 Å². The van der Waals surface area contributed by atoms with Crippen molar-refractivity contribution < 1.29 is 4.79 Å². The van der Waals surface area contributed by atoms with E-state index >= 15 is 0 Å². The lowest BCUT2D eigenvalue weighted by Gasteiger charge is -2.14. The van der Waals surface area contributed by atoms with Gasteiger partial charge in [-0.15, -0.1) is 0 Å². The molecule has 1 rings (SSSR count). The lowest BCUT2D eigenvalue weighted by atomic mass is 10.1. The van der Waals surface area contributed by atoms with Gasteiger partial charge in [-0.2, -0.15) is 0 Å². The molecule has 3 nitrogen and oxygen atoms in total. The third kappa shape index (κ3) is 4.12. The van der Waals surface area contributed by atoms with Gasteiger partial charge in [-0.25, -0.2) is 0 Å². The second kappa shape index (κ2) is 7.66. The fourth-order valence-electron chi connectivity index (χ4n) is 2.20. The predicted octanol–water partition coefficient (Wildman–Crippen LogP) is 2.51. The summed E-state index contributed by atoms with van der Waals surface area (Å²) in [6, 6.07) is 0.0834. The highest BCUT2D eigenvalue weighted by Gasteiger charge is 2.28. The smallest absolute Gasteiger partial charge is 0.240 e. The SMILES string of the molecule is CCCCCCCCN1CNC(CC)C1=O. The number of rotatable bonds is 8. The topological polar surface area (TPSA) is 32.3 Å². The van der Waals surface area contributed by atoms with Gasteiger partial charge in [0.1, 0.15) is 0 Å². The first kappa shape index (κ1) is 13.5. The monoisotopic (exact) mass is 226 g/mol. The molecule has 0 spiro atoms. The molecule has 0 aromatic rings. The molecule has 1 aliphatic rings. The van der Waals surface area contributed by atoms with Gasteiger partial charge in [0, 0.05) is 6.54 Å². The minimum atomic E-state index is 0.0834. The van der Waals surface area contributed by atoms with Crippen molar-refractivity contribution in [3.63, 3.8) is 0 Å². The van der Waals surface area contributed by atoms with Gasteiger partial charge in [0.05, 0.1) is 12.7 Å². The summed E-state index contributed by atoms with van der Waals surface area (Å²) in [5, 5.41) is 3.24. The highest BCUT2D eigenvalue weighted by molar-refractivity contribution is 5.83. The van der Waals surface area contributed by atoms with E-state index in [1.165, 1.54) is 32.1 Å². The molecule has 0 saturated carbocycles. The van der Waals surface area contributed by atoms with Crippen LogP contribution in [-0.4, -0.2) is 30.1 Å². The third-order valence-electron chi connectivity index (χ3n) is 3.33. The Kier molecular flexibility index (Phi) is 6.46. The number of unbranched alkanes of at least 4 members (excludes halogenated alkanes) is 5. The van der Waals surface area contributed by atoms with Crippen molar-refractivity contribution in [1.29, 1.82) is 0 Å². The van der Waals surface area contributed by atoms with Crippen LogP contribution in [0.15, 0.2) is 0 Å². The largest absolute Gasteiger partial charge is 0.329 e. The van der Waals surface area contributed by atoms with Crippen LogP contribution in [-0.2, 0) is 4.79 Å². The van der Waals surface area contributed by atoms with Crippen LogP contribution in [0.3, 0.4) is 0 Å². The van der Waals surface area contributed by atoms with E-state index in [-0.39, 0.29) is 6.04 Å². The maximum absolute atomic E-state index is 11.8. The van der Waals surface area contributed by atoms with Crippen molar-refractivity contribution in [1.82, 2.24) is 10.2 Å². The van der Waals surface area contributed by atoms with Gasteiger partial charge >= 0.3 is 0 Å². The molecule has 3 heteroatoms. The van der Waals surface area contributed by atoms with Gasteiger partial charge in [-0.05, 0) is 12.8 Å². The molecule has 1 amide bonds. The Balaban J connectivity index is 2.03. The normalized spacial score (nSPS) is 20.8. The van der Waals surface area contributed by atoms with E-state index in [0.29, 0.717) is 5.91 Å². The Morgan fingerprint density at radius 1 is 1.19 bits per heavy atom. The van der Waals surface area contributed by atoms with Crippen LogP contribution in [0.4, 0.5) is 0 Å². The van der Waals surface area contributed by atoms with Crippen LogP contribution in [0.2, 0.25) is 0 Å². The Morgan fingerprint density at radius 2 is 1.88 bits per heavy atom. The molecule has 1 N–H and O–H groups in total. The summed E-state index contributed by atoms with van der Waals surface area (Å²) < 4.78 is 0. The summed E-state index contributed by atoms with van der Waals surface area (Å²) in [5.74, 6) is 0.302. The number of carbonyl (C=O) groups excluding carboxylic acids is 1. The highest BCUT2D eigenvalue weighted by Crippen LogP contribution is 2.10. The number of nitrogens with one attached hydrogen (secondary N) is 1. The van der Waals surface area contributed by atoms with E-state index in [2.05, 4.69) is 19.2 Å². The molecular formula is C13H26N2O. The van der Waals surface area contributed by atoms with Gasteiger partial charge in [0.25, 0.3) is 0 Å². The molecule has 0 aromatic heterocycles. The zero-order valence-electron chi connectivity index (χ0n) is 10.8. The Hall–Kier alpha value is -0.570. The summed E-state index contributed by atoms with van der Waals surface area (Å²) in [6.45, 7) is 5.99. The molecule has 0 aliphatic carbocycles. The Bertz CT molecular complexity index is 206. The highest BCUT2D eigenvalue weighted by atomic mass is 16.2. The first-order valence-corrected chi connectivity index (χ1v) is 6.81. The number of nitrogens with zero attached hydrogens (tertiary/aromatic N) is 1. The summed E-state index contributed by atoms with van der Waals surface area (Å²) >= 11 is 0. The molecule has 1 unspecified atom stereocenters. The van der Waals surface area contributed by atoms with Crippen molar-refractivity contribution in [2.75, 3.05) is 13.2 Å². The first-order chi connectivity index (χ1) is 7.79. The Morgan fingerprint density at radius 3 is 2.50 bits per heavy atom. The molecule has 1 heterocycles. The van der Waals surface area contributed by atoms with Crippen LogP contribution >= 0.6 is 0 Å². The number of carbonyl (C=O) groups is 1. The van der Waals surface area contributed by atoms with Crippen molar-refractivity contribution in [2.24, 2.45) is 0 Å². The molecule has 1 aliphatic heterocycles. The zero-order valence-corrected chi connectivity index (χ0v) is 10.8. The summed E-state index contributed by atoms with van der Waals surface area (Å²) in [6.07, 6.45) is 8.65. The van der Waals surface area contributed by atoms with Crippen LogP contribution in [0, 0.1) is 0 Å². The fourth-order valence-corrected chi connectivity index (χ4v) is 2.20. The third-order valence-corrected chi connectivity index (χ3v) is 3.33. The lowest BCUT2D eigenvalue weighted by molar-refractivity contribution is -0.129. The first-order valence-electron chi connectivity index (χ1n) is 6.81. The van der Waals surface area contributed by atoms with Crippen LogP contribution < -0.4 is 5.32 Å². The summed E-state index contributed by atoms with van der Waals surface area (Å²) in [4.78, 5) is 13.7. The van der Waals surface area contributed by atoms with Gasteiger partial charge in [0.15, 0.2) is 0 Å². The number of hydrogen-bond acceptors (Lipinski definition) is 2. The van der Waals surface area contributed by atoms with Crippen LogP contribution in [0.25, 0.3) is 0 Å². The number of hydrogen-bond donors (Lipinski definition) is 1. The van der Waals surface area contributed by atoms with Gasteiger partial charge in [-0.3, -0.25) is 10.1 Å². The second-order valence-corrected chi connectivity index (χ2v) is 4.69. The average Bonchev–Trinajstić information content (AvgIpc) is 2.65. The van der Waals surface area contributed by atoms with Crippen molar-refractivity contribution >= 4 is 5.91 Å². The molecule has 1 atom stereocenters. The molecule has 16 heavy (non-hydrogen) atoms. The fraction of sp³-hybridized carbons (Fsp3) is 0.923. The van der Waals surface area contributed by atoms with Crippen molar-refractivity contribution in [2.45, 2.75) is 64.8 Å². The zero-order chi connectivity index (χ0) is 11.8. The standard InChI is InChI=1S/C13H26N2O/c1-3-5-6-7-8-9-10-15-11-14-12(4-2)13(15)16/h12,14H,3-11H2,1-2H3.